The maximum atomic E-state index is 13.9. The highest BCUT2D eigenvalue weighted by atomic mass is 19.1. The van der Waals surface area contributed by atoms with E-state index in [1.165, 1.54) is 25.1 Å². The topological polar surface area (TPSA) is 80.0 Å². The van der Waals surface area contributed by atoms with Crippen LogP contribution in [-0.2, 0) is 0 Å². The molecule has 1 heterocycles. The lowest BCUT2D eigenvalue weighted by Gasteiger charge is -2.27. The quantitative estimate of drug-likeness (QED) is 0.570. The van der Waals surface area contributed by atoms with Gasteiger partial charge in [-0.2, -0.15) is 0 Å². The largest absolute Gasteiger partial charge is 0.351 e. The molecule has 0 spiro atoms. The van der Waals surface area contributed by atoms with Gasteiger partial charge in [-0.05, 0) is 30.7 Å². The highest BCUT2D eigenvalue weighted by Gasteiger charge is 2.32. The molecule has 1 amide bonds. The summed E-state index contributed by atoms with van der Waals surface area (Å²) in [4.78, 5) is 15.8. The van der Waals surface area contributed by atoms with Crippen LogP contribution in [0, 0.1) is 11.2 Å². The lowest BCUT2D eigenvalue weighted by atomic mass is 9.83. The molecule has 1 saturated carbocycles. The standard InChI is InChI=1S/C14H21FN4O/c1-2-14(6-3-4-7-14)9-18-13(20)10-5-8-17-12(19-16)11(10)15/h5,8H,2-4,6-7,9,16H2,1H3,(H,17,19)(H,18,20). The smallest absolute Gasteiger partial charge is 0.254 e. The van der Waals surface area contributed by atoms with Gasteiger partial charge in [0.15, 0.2) is 11.6 Å². The number of hydrogen-bond acceptors (Lipinski definition) is 4. The van der Waals surface area contributed by atoms with Gasteiger partial charge in [-0.3, -0.25) is 4.79 Å². The molecular formula is C14H21FN4O. The van der Waals surface area contributed by atoms with E-state index < -0.39 is 11.7 Å². The molecule has 1 fully saturated rings. The van der Waals surface area contributed by atoms with Gasteiger partial charge in [0.1, 0.15) is 0 Å². The molecule has 4 N–H and O–H groups in total. The molecule has 6 heteroatoms. The number of nitrogens with one attached hydrogen (secondary N) is 2. The zero-order chi connectivity index (χ0) is 14.6. The summed E-state index contributed by atoms with van der Waals surface area (Å²) < 4.78 is 13.9. The average molecular weight is 280 g/mol. The SMILES string of the molecule is CCC1(CNC(=O)c2ccnc(NN)c2F)CCCC1. The minimum atomic E-state index is -0.718. The van der Waals surface area contributed by atoms with E-state index in [1.807, 2.05) is 0 Å². The average Bonchev–Trinajstić information content (AvgIpc) is 2.94. The van der Waals surface area contributed by atoms with Crippen molar-refractivity contribution in [2.24, 2.45) is 11.3 Å². The summed E-state index contributed by atoms with van der Waals surface area (Å²) in [6.45, 7) is 2.73. The summed E-state index contributed by atoms with van der Waals surface area (Å²) in [5, 5.41) is 2.85. The second-order valence-corrected chi connectivity index (χ2v) is 5.41. The number of nitrogens with zero attached hydrogens (tertiary/aromatic N) is 1. The summed E-state index contributed by atoms with van der Waals surface area (Å²) in [5.74, 6) is 3.90. The van der Waals surface area contributed by atoms with Crippen LogP contribution >= 0.6 is 0 Å². The van der Waals surface area contributed by atoms with Gasteiger partial charge >= 0.3 is 0 Å². The highest BCUT2D eigenvalue weighted by Crippen LogP contribution is 2.40. The highest BCUT2D eigenvalue weighted by molar-refractivity contribution is 5.95. The van der Waals surface area contributed by atoms with Gasteiger partial charge in [0.05, 0.1) is 5.56 Å². The molecule has 110 valence electrons. The van der Waals surface area contributed by atoms with Crippen molar-refractivity contribution in [3.05, 3.63) is 23.6 Å². The zero-order valence-corrected chi connectivity index (χ0v) is 11.7. The minimum Gasteiger partial charge on any atom is -0.351 e. The minimum absolute atomic E-state index is 0.0304. The van der Waals surface area contributed by atoms with Crippen molar-refractivity contribution in [2.45, 2.75) is 39.0 Å². The number of halogens is 1. The molecule has 0 radical (unpaired) electrons. The van der Waals surface area contributed by atoms with Crippen LogP contribution in [0.5, 0.6) is 0 Å². The number of rotatable bonds is 5. The van der Waals surface area contributed by atoms with Crippen LogP contribution in [-0.4, -0.2) is 17.4 Å². The lowest BCUT2D eigenvalue weighted by Crippen LogP contribution is -2.36. The Hall–Kier alpha value is -1.69. The molecular weight excluding hydrogens is 259 g/mol. The molecule has 0 saturated heterocycles. The monoisotopic (exact) mass is 280 g/mol. The molecule has 1 aromatic rings. The first-order valence-corrected chi connectivity index (χ1v) is 7.01. The Morgan fingerprint density at radius 2 is 2.20 bits per heavy atom. The van der Waals surface area contributed by atoms with Crippen LogP contribution in [0.25, 0.3) is 0 Å². The summed E-state index contributed by atoms with van der Waals surface area (Å²) >= 11 is 0. The fourth-order valence-electron chi connectivity index (χ4n) is 2.86. The molecule has 5 nitrogen and oxygen atoms in total. The third-order valence-electron chi connectivity index (χ3n) is 4.31. The van der Waals surface area contributed by atoms with Gasteiger partial charge in [0, 0.05) is 12.7 Å². The van der Waals surface area contributed by atoms with Gasteiger partial charge in [0.25, 0.3) is 5.91 Å². The maximum absolute atomic E-state index is 13.9. The Balaban J connectivity index is 2.05. The number of aromatic nitrogens is 1. The van der Waals surface area contributed by atoms with E-state index in [1.54, 1.807) is 0 Å². The molecule has 2 rings (SSSR count). The molecule has 0 unspecified atom stereocenters. The number of carbonyl (C=O) groups excluding carboxylic acids is 1. The van der Waals surface area contributed by atoms with Gasteiger partial charge in [-0.15, -0.1) is 0 Å². The van der Waals surface area contributed by atoms with Crippen LogP contribution in [0.2, 0.25) is 0 Å². The lowest BCUT2D eigenvalue weighted by molar-refractivity contribution is 0.0924. The third kappa shape index (κ3) is 2.90. The van der Waals surface area contributed by atoms with Crippen molar-refractivity contribution < 1.29 is 9.18 Å². The van der Waals surface area contributed by atoms with Crippen molar-refractivity contribution in [2.75, 3.05) is 12.0 Å². The zero-order valence-electron chi connectivity index (χ0n) is 11.7. The number of nitrogen functional groups attached to an aromatic ring is 1. The molecule has 0 aromatic carbocycles. The molecule has 0 bridgehead atoms. The van der Waals surface area contributed by atoms with Crippen LogP contribution in [0.3, 0.4) is 0 Å². The van der Waals surface area contributed by atoms with Crippen LogP contribution in [0.1, 0.15) is 49.4 Å². The Morgan fingerprint density at radius 3 is 2.80 bits per heavy atom. The van der Waals surface area contributed by atoms with E-state index in [-0.39, 0.29) is 16.8 Å². The van der Waals surface area contributed by atoms with Gasteiger partial charge in [0.2, 0.25) is 0 Å². The first kappa shape index (κ1) is 14.7. The van der Waals surface area contributed by atoms with Crippen molar-refractivity contribution in [1.29, 1.82) is 0 Å². The molecule has 0 atom stereocenters. The number of amides is 1. The van der Waals surface area contributed by atoms with Crippen LogP contribution in [0.4, 0.5) is 10.2 Å². The fourth-order valence-corrected chi connectivity index (χ4v) is 2.86. The van der Waals surface area contributed by atoms with Crippen molar-refractivity contribution in [3.63, 3.8) is 0 Å². The van der Waals surface area contributed by atoms with E-state index >= 15 is 0 Å². The Morgan fingerprint density at radius 1 is 1.50 bits per heavy atom. The second kappa shape index (κ2) is 6.17. The Labute approximate surface area is 118 Å². The predicted octanol–water partition coefficient (Wildman–Crippen LogP) is 2.21. The summed E-state index contributed by atoms with van der Waals surface area (Å²) in [7, 11) is 0. The predicted molar refractivity (Wildman–Crippen MR) is 75.5 cm³/mol. The Bertz CT molecular complexity index is 486. The molecule has 1 aromatic heterocycles. The van der Waals surface area contributed by atoms with Gasteiger partial charge in [-0.25, -0.2) is 15.2 Å². The number of hydrogen-bond donors (Lipinski definition) is 3. The van der Waals surface area contributed by atoms with Crippen molar-refractivity contribution in [1.82, 2.24) is 10.3 Å². The van der Waals surface area contributed by atoms with Gasteiger partial charge < -0.3 is 10.7 Å². The van der Waals surface area contributed by atoms with Crippen molar-refractivity contribution in [3.8, 4) is 0 Å². The van der Waals surface area contributed by atoms with E-state index in [2.05, 4.69) is 22.7 Å². The summed E-state index contributed by atoms with van der Waals surface area (Å²) in [5.41, 5.74) is 2.28. The molecule has 1 aliphatic carbocycles. The van der Waals surface area contributed by atoms with E-state index in [0.717, 1.165) is 19.3 Å². The first-order valence-electron chi connectivity index (χ1n) is 7.01. The van der Waals surface area contributed by atoms with Crippen LogP contribution < -0.4 is 16.6 Å². The fraction of sp³-hybridized carbons (Fsp3) is 0.571. The number of hydrazine groups is 1. The number of carbonyl (C=O) groups is 1. The Kier molecular flexibility index (Phi) is 4.54. The van der Waals surface area contributed by atoms with E-state index in [9.17, 15) is 9.18 Å². The molecule has 1 aliphatic rings. The van der Waals surface area contributed by atoms with E-state index in [0.29, 0.717) is 6.54 Å². The maximum Gasteiger partial charge on any atom is 0.254 e. The van der Waals surface area contributed by atoms with Crippen LogP contribution in [0.15, 0.2) is 12.3 Å². The van der Waals surface area contributed by atoms with E-state index in [4.69, 9.17) is 5.84 Å². The van der Waals surface area contributed by atoms with Crippen molar-refractivity contribution >= 4 is 11.7 Å². The molecule has 20 heavy (non-hydrogen) atoms. The normalized spacial score (nSPS) is 16.9. The third-order valence-corrected chi connectivity index (χ3v) is 4.31. The molecule has 0 aliphatic heterocycles. The second-order valence-electron chi connectivity index (χ2n) is 5.41. The summed E-state index contributed by atoms with van der Waals surface area (Å²) in [6, 6.07) is 1.36. The van der Waals surface area contributed by atoms with Gasteiger partial charge in [-0.1, -0.05) is 19.8 Å². The first-order chi connectivity index (χ1) is 9.62. The number of nitrogens with two attached hydrogens (primary N) is 1. The number of anilines is 1. The summed E-state index contributed by atoms with van der Waals surface area (Å²) in [6.07, 6.45) is 7.04. The number of pyridine rings is 1.